The van der Waals surface area contributed by atoms with Crippen LogP contribution >= 0.6 is 0 Å². The molecule has 118 valence electrons. The largest absolute Gasteiger partial charge is 0.383 e. The van der Waals surface area contributed by atoms with Crippen molar-refractivity contribution in [3.05, 3.63) is 51.3 Å². The molecular weight excluding hydrogens is 278 g/mol. The Hall–Kier alpha value is -1.98. The van der Waals surface area contributed by atoms with Crippen molar-refractivity contribution in [2.45, 2.75) is 26.9 Å². The third-order valence-electron chi connectivity index (χ3n) is 3.73. The molecule has 1 N–H and O–H groups in total. The smallest absolute Gasteiger partial charge is 0.271 e. The molecule has 0 aliphatic carbocycles. The van der Waals surface area contributed by atoms with E-state index in [1.54, 1.807) is 7.11 Å². The number of methoxy groups -OCH3 is 1. The summed E-state index contributed by atoms with van der Waals surface area (Å²) in [6.45, 7) is 5.59. The predicted molar refractivity (Wildman–Crippen MR) is 88.0 cm³/mol. The molecule has 0 fully saturated rings. The van der Waals surface area contributed by atoms with Gasteiger partial charge in [-0.1, -0.05) is 12.1 Å². The highest BCUT2D eigenvalue weighted by molar-refractivity contribution is 5.61. The van der Waals surface area contributed by atoms with Crippen molar-refractivity contribution in [2.24, 2.45) is 0 Å². The predicted octanol–water partition coefficient (Wildman–Crippen LogP) is 1.89. The normalized spacial score (nSPS) is 10.9. The second-order valence-electron chi connectivity index (χ2n) is 5.41. The number of nitrogens with zero attached hydrogens (tertiary/aromatic N) is 2. The summed E-state index contributed by atoms with van der Waals surface area (Å²) in [6.07, 6.45) is 0. The lowest BCUT2D eigenvalue weighted by Gasteiger charge is -2.11. The fourth-order valence-electron chi connectivity index (χ4n) is 2.29. The monoisotopic (exact) mass is 301 g/mol. The molecule has 22 heavy (non-hydrogen) atoms. The van der Waals surface area contributed by atoms with E-state index in [0.29, 0.717) is 25.3 Å². The average molecular weight is 301 g/mol. The molecule has 0 unspecified atom stereocenters. The van der Waals surface area contributed by atoms with Gasteiger partial charge in [0.25, 0.3) is 5.56 Å². The number of benzene rings is 1. The molecule has 0 amide bonds. The molecule has 0 radical (unpaired) electrons. The van der Waals surface area contributed by atoms with Crippen LogP contribution in [-0.4, -0.2) is 30.5 Å². The maximum Gasteiger partial charge on any atom is 0.271 e. The molecule has 5 nitrogen and oxygen atoms in total. The van der Waals surface area contributed by atoms with Crippen molar-refractivity contribution in [3.8, 4) is 11.3 Å². The molecule has 2 rings (SSSR count). The standard InChI is InChI=1S/C17H23N3O2/c1-12-5-6-14(9-13(12)2)16-10-15(11-18-3)17(21)20(19-16)7-8-22-4/h5-6,9-10,18H,7-8,11H2,1-4H3. The van der Waals surface area contributed by atoms with Crippen LogP contribution in [0.3, 0.4) is 0 Å². The van der Waals surface area contributed by atoms with Gasteiger partial charge in [0.15, 0.2) is 0 Å². The van der Waals surface area contributed by atoms with Crippen LogP contribution in [0, 0.1) is 13.8 Å². The lowest BCUT2D eigenvalue weighted by Crippen LogP contribution is -2.30. The summed E-state index contributed by atoms with van der Waals surface area (Å²) >= 11 is 0. The van der Waals surface area contributed by atoms with Crippen molar-refractivity contribution in [3.63, 3.8) is 0 Å². The van der Waals surface area contributed by atoms with Crippen LogP contribution in [-0.2, 0) is 17.8 Å². The Morgan fingerprint density at radius 3 is 2.64 bits per heavy atom. The Morgan fingerprint density at radius 2 is 2.00 bits per heavy atom. The summed E-state index contributed by atoms with van der Waals surface area (Å²) in [6, 6.07) is 8.09. The maximum absolute atomic E-state index is 12.4. The lowest BCUT2D eigenvalue weighted by molar-refractivity contribution is 0.182. The highest BCUT2D eigenvalue weighted by atomic mass is 16.5. The van der Waals surface area contributed by atoms with Crippen molar-refractivity contribution >= 4 is 0 Å². The zero-order chi connectivity index (χ0) is 16.1. The van der Waals surface area contributed by atoms with Gasteiger partial charge < -0.3 is 10.1 Å². The fraction of sp³-hybridized carbons (Fsp3) is 0.412. The quantitative estimate of drug-likeness (QED) is 0.885. The molecule has 0 saturated heterocycles. The second-order valence-corrected chi connectivity index (χ2v) is 5.41. The molecule has 5 heteroatoms. The van der Waals surface area contributed by atoms with Gasteiger partial charge in [0.05, 0.1) is 18.8 Å². The van der Waals surface area contributed by atoms with Gasteiger partial charge in [0, 0.05) is 24.8 Å². The molecule has 2 aromatic rings. The molecular formula is C17H23N3O2. The van der Waals surface area contributed by atoms with Crippen LogP contribution in [0.2, 0.25) is 0 Å². The Balaban J connectivity index is 2.52. The topological polar surface area (TPSA) is 56.1 Å². The van der Waals surface area contributed by atoms with E-state index in [1.807, 2.05) is 19.2 Å². The van der Waals surface area contributed by atoms with Crippen molar-refractivity contribution in [1.82, 2.24) is 15.1 Å². The highest BCUT2D eigenvalue weighted by Crippen LogP contribution is 2.20. The summed E-state index contributed by atoms with van der Waals surface area (Å²) in [5, 5.41) is 7.53. The van der Waals surface area contributed by atoms with E-state index in [2.05, 4.69) is 36.4 Å². The molecule has 0 saturated carbocycles. The Kier molecular flexibility index (Phi) is 5.46. The zero-order valence-electron chi connectivity index (χ0n) is 13.6. The van der Waals surface area contributed by atoms with Crippen LogP contribution < -0.4 is 10.9 Å². The third kappa shape index (κ3) is 3.61. The van der Waals surface area contributed by atoms with Crippen LogP contribution in [0.5, 0.6) is 0 Å². The fourth-order valence-corrected chi connectivity index (χ4v) is 2.29. The minimum Gasteiger partial charge on any atom is -0.383 e. The molecule has 1 heterocycles. The first-order chi connectivity index (χ1) is 10.6. The minimum atomic E-state index is -0.0704. The first-order valence-corrected chi connectivity index (χ1v) is 7.39. The maximum atomic E-state index is 12.4. The summed E-state index contributed by atoms with van der Waals surface area (Å²) < 4.78 is 6.55. The number of aromatic nitrogens is 2. The average Bonchev–Trinajstić information content (AvgIpc) is 2.51. The van der Waals surface area contributed by atoms with Gasteiger partial charge >= 0.3 is 0 Å². The molecule has 0 aliphatic rings. The SMILES string of the molecule is CNCc1cc(-c2ccc(C)c(C)c2)nn(CCOC)c1=O. The first-order valence-electron chi connectivity index (χ1n) is 7.39. The second kappa shape index (κ2) is 7.33. The van der Waals surface area contributed by atoms with Crippen LogP contribution in [0.4, 0.5) is 0 Å². The van der Waals surface area contributed by atoms with Gasteiger partial charge in [-0.3, -0.25) is 4.79 Å². The van der Waals surface area contributed by atoms with E-state index in [1.165, 1.54) is 15.8 Å². The van der Waals surface area contributed by atoms with E-state index in [9.17, 15) is 4.79 Å². The highest BCUT2D eigenvalue weighted by Gasteiger charge is 2.10. The van der Waals surface area contributed by atoms with Gasteiger partial charge in [0.1, 0.15) is 0 Å². The van der Waals surface area contributed by atoms with Crippen LogP contribution in [0.15, 0.2) is 29.1 Å². The number of nitrogens with one attached hydrogen (secondary N) is 1. The van der Waals surface area contributed by atoms with Crippen molar-refractivity contribution in [2.75, 3.05) is 20.8 Å². The Bertz CT molecular complexity index is 708. The van der Waals surface area contributed by atoms with E-state index >= 15 is 0 Å². The zero-order valence-corrected chi connectivity index (χ0v) is 13.6. The number of aryl methyl sites for hydroxylation is 2. The van der Waals surface area contributed by atoms with Gasteiger partial charge in [-0.2, -0.15) is 5.10 Å². The Morgan fingerprint density at radius 1 is 1.23 bits per heavy atom. The molecule has 0 bridgehead atoms. The molecule has 0 aliphatic heterocycles. The van der Waals surface area contributed by atoms with Crippen LogP contribution in [0.1, 0.15) is 16.7 Å². The summed E-state index contributed by atoms with van der Waals surface area (Å²) in [5.74, 6) is 0. The van der Waals surface area contributed by atoms with Crippen LogP contribution in [0.25, 0.3) is 11.3 Å². The number of rotatable bonds is 6. The molecule has 1 aromatic heterocycles. The number of ether oxygens (including phenoxy) is 1. The van der Waals surface area contributed by atoms with E-state index < -0.39 is 0 Å². The van der Waals surface area contributed by atoms with Gasteiger partial charge in [-0.25, -0.2) is 4.68 Å². The van der Waals surface area contributed by atoms with E-state index in [0.717, 1.165) is 11.3 Å². The molecule has 0 spiro atoms. The lowest BCUT2D eigenvalue weighted by atomic mass is 10.0. The van der Waals surface area contributed by atoms with Crippen molar-refractivity contribution < 1.29 is 4.74 Å². The van der Waals surface area contributed by atoms with Gasteiger partial charge in [-0.15, -0.1) is 0 Å². The number of hydrogen-bond donors (Lipinski definition) is 1. The Labute approximate surface area is 130 Å². The summed E-state index contributed by atoms with van der Waals surface area (Å²) in [7, 11) is 3.45. The first kappa shape index (κ1) is 16.4. The summed E-state index contributed by atoms with van der Waals surface area (Å²) in [4.78, 5) is 12.4. The molecule has 0 atom stereocenters. The third-order valence-corrected chi connectivity index (χ3v) is 3.73. The number of hydrogen-bond acceptors (Lipinski definition) is 4. The summed E-state index contributed by atoms with van der Waals surface area (Å²) in [5.41, 5.74) is 4.92. The van der Waals surface area contributed by atoms with Gasteiger partial charge in [0.2, 0.25) is 0 Å². The minimum absolute atomic E-state index is 0.0704. The van der Waals surface area contributed by atoms with E-state index in [-0.39, 0.29) is 5.56 Å². The molecule has 1 aromatic carbocycles. The van der Waals surface area contributed by atoms with Gasteiger partial charge in [-0.05, 0) is 44.2 Å². The van der Waals surface area contributed by atoms with E-state index in [4.69, 9.17) is 4.74 Å². The van der Waals surface area contributed by atoms with Crippen molar-refractivity contribution in [1.29, 1.82) is 0 Å².